The molecule has 0 aliphatic heterocycles. The van der Waals surface area contributed by atoms with E-state index in [0.717, 1.165) is 15.6 Å². The van der Waals surface area contributed by atoms with E-state index in [9.17, 15) is 4.79 Å². The standard InChI is InChI=1S/C15H13BrO3/c1-10-7-12(15(17)18)5-6-14(10)19-9-11-3-2-4-13(16)8-11/h2-8H,9H2,1H3,(H,17,18). The van der Waals surface area contributed by atoms with Crippen LogP contribution in [-0.4, -0.2) is 11.1 Å². The molecule has 0 saturated heterocycles. The van der Waals surface area contributed by atoms with Gasteiger partial charge in [-0.05, 0) is 48.4 Å². The third-order valence-electron chi connectivity index (χ3n) is 2.71. The lowest BCUT2D eigenvalue weighted by Gasteiger charge is -2.10. The first-order valence-electron chi connectivity index (χ1n) is 5.77. The summed E-state index contributed by atoms with van der Waals surface area (Å²) in [5, 5.41) is 8.89. The SMILES string of the molecule is Cc1cc(C(=O)O)ccc1OCc1cccc(Br)c1. The zero-order valence-corrected chi connectivity index (χ0v) is 12.0. The van der Waals surface area contributed by atoms with Crippen molar-refractivity contribution in [3.8, 4) is 5.75 Å². The largest absolute Gasteiger partial charge is 0.489 e. The number of carboxylic acid groups (broad SMARTS) is 1. The number of aryl methyl sites for hydroxylation is 1. The fourth-order valence-electron chi connectivity index (χ4n) is 1.73. The minimum atomic E-state index is -0.929. The monoisotopic (exact) mass is 320 g/mol. The van der Waals surface area contributed by atoms with Gasteiger partial charge in [0.05, 0.1) is 5.56 Å². The third kappa shape index (κ3) is 3.58. The van der Waals surface area contributed by atoms with Crippen molar-refractivity contribution >= 4 is 21.9 Å². The van der Waals surface area contributed by atoms with Crippen LogP contribution in [0.4, 0.5) is 0 Å². The Labute approximate surface area is 120 Å². The third-order valence-corrected chi connectivity index (χ3v) is 3.20. The molecule has 4 heteroatoms. The molecule has 98 valence electrons. The normalized spacial score (nSPS) is 10.2. The summed E-state index contributed by atoms with van der Waals surface area (Å²) in [4.78, 5) is 10.8. The molecule has 3 nitrogen and oxygen atoms in total. The molecule has 0 aromatic heterocycles. The number of carbonyl (C=O) groups is 1. The van der Waals surface area contributed by atoms with Gasteiger partial charge in [0.1, 0.15) is 12.4 Å². The Hall–Kier alpha value is -1.81. The summed E-state index contributed by atoms with van der Waals surface area (Å²) >= 11 is 3.41. The Morgan fingerprint density at radius 2 is 2.05 bits per heavy atom. The van der Waals surface area contributed by atoms with E-state index in [0.29, 0.717) is 12.4 Å². The number of benzene rings is 2. The highest BCUT2D eigenvalue weighted by Crippen LogP contribution is 2.21. The molecule has 0 spiro atoms. The molecule has 0 aliphatic rings. The number of hydrogen-bond acceptors (Lipinski definition) is 2. The summed E-state index contributed by atoms with van der Waals surface area (Å²) < 4.78 is 6.70. The molecule has 0 bridgehead atoms. The van der Waals surface area contributed by atoms with Gasteiger partial charge in [-0.2, -0.15) is 0 Å². The van der Waals surface area contributed by atoms with Crippen molar-refractivity contribution in [2.75, 3.05) is 0 Å². The lowest BCUT2D eigenvalue weighted by Crippen LogP contribution is -2.00. The van der Waals surface area contributed by atoms with Gasteiger partial charge in [0.25, 0.3) is 0 Å². The Bertz CT molecular complexity index is 608. The van der Waals surface area contributed by atoms with E-state index in [1.165, 1.54) is 0 Å². The summed E-state index contributed by atoms with van der Waals surface area (Å²) in [5.41, 5.74) is 2.14. The first-order chi connectivity index (χ1) is 9.06. The van der Waals surface area contributed by atoms with Crippen LogP contribution in [0.15, 0.2) is 46.9 Å². The molecule has 0 atom stereocenters. The molecule has 19 heavy (non-hydrogen) atoms. The van der Waals surface area contributed by atoms with Gasteiger partial charge in [0.2, 0.25) is 0 Å². The number of ether oxygens (including phenoxy) is 1. The maximum Gasteiger partial charge on any atom is 0.335 e. The van der Waals surface area contributed by atoms with Crippen LogP contribution < -0.4 is 4.74 Å². The van der Waals surface area contributed by atoms with Crippen LogP contribution in [0, 0.1) is 6.92 Å². The van der Waals surface area contributed by atoms with Gasteiger partial charge in [0.15, 0.2) is 0 Å². The van der Waals surface area contributed by atoms with Crippen molar-refractivity contribution < 1.29 is 14.6 Å². The zero-order chi connectivity index (χ0) is 13.8. The number of carboxylic acids is 1. The smallest absolute Gasteiger partial charge is 0.335 e. The molecule has 2 aromatic rings. The van der Waals surface area contributed by atoms with E-state index in [-0.39, 0.29) is 5.56 Å². The Morgan fingerprint density at radius 3 is 2.68 bits per heavy atom. The van der Waals surface area contributed by atoms with E-state index < -0.39 is 5.97 Å². The lowest BCUT2D eigenvalue weighted by molar-refractivity contribution is 0.0696. The predicted molar refractivity (Wildman–Crippen MR) is 76.6 cm³/mol. The van der Waals surface area contributed by atoms with Gasteiger partial charge in [-0.1, -0.05) is 28.1 Å². The zero-order valence-electron chi connectivity index (χ0n) is 10.4. The summed E-state index contributed by atoms with van der Waals surface area (Å²) in [6.45, 7) is 2.29. The number of aromatic carboxylic acids is 1. The van der Waals surface area contributed by atoms with Crippen molar-refractivity contribution in [3.63, 3.8) is 0 Å². The fourth-order valence-corrected chi connectivity index (χ4v) is 2.18. The van der Waals surface area contributed by atoms with Crippen molar-refractivity contribution in [1.82, 2.24) is 0 Å². The van der Waals surface area contributed by atoms with Gasteiger partial charge in [0, 0.05) is 4.47 Å². The van der Waals surface area contributed by atoms with Gasteiger partial charge < -0.3 is 9.84 Å². The predicted octanol–water partition coefficient (Wildman–Crippen LogP) is 4.03. The molecular weight excluding hydrogens is 308 g/mol. The molecule has 0 amide bonds. The Balaban J connectivity index is 2.10. The molecule has 2 rings (SSSR count). The number of rotatable bonds is 4. The first kappa shape index (κ1) is 13.6. The van der Waals surface area contributed by atoms with Crippen LogP contribution in [-0.2, 0) is 6.61 Å². The number of hydrogen-bond donors (Lipinski definition) is 1. The van der Waals surface area contributed by atoms with E-state index in [2.05, 4.69) is 15.9 Å². The van der Waals surface area contributed by atoms with Crippen LogP contribution in [0.25, 0.3) is 0 Å². The van der Waals surface area contributed by atoms with Crippen LogP contribution in [0.5, 0.6) is 5.75 Å². The van der Waals surface area contributed by atoms with E-state index in [4.69, 9.17) is 9.84 Å². The highest BCUT2D eigenvalue weighted by Gasteiger charge is 2.06. The van der Waals surface area contributed by atoms with Gasteiger partial charge >= 0.3 is 5.97 Å². The summed E-state index contributed by atoms with van der Waals surface area (Å²) in [5.74, 6) is -0.230. The molecule has 0 radical (unpaired) electrons. The molecule has 0 heterocycles. The average Bonchev–Trinajstić information content (AvgIpc) is 2.37. The van der Waals surface area contributed by atoms with Gasteiger partial charge in [-0.25, -0.2) is 4.79 Å². The molecule has 2 aromatic carbocycles. The Kier molecular flexibility index (Phi) is 4.22. The molecule has 0 aliphatic carbocycles. The molecule has 0 fully saturated rings. The van der Waals surface area contributed by atoms with Gasteiger partial charge in [-0.3, -0.25) is 0 Å². The van der Waals surface area contributed by atoms with Crippen molar-refractivity contribution in [1.29, 1.82) is 0 Å². The highest BCUT2D eigenvalue weighted by atomic mass is 79.9. The fraction of sp³-hybridized carbons (Fsp3) is 0.133. The second-order valence-corrected chi connectivity index (χ2v) is 5.12. The van der Waals surface area contributed by atoms with E-state index in [1.807, 2.05) is 31.2 Å². The topological polar surface area (TPSA) is 46.5 Å². The molecule has 0 saturated carbocycles. The van der Waals surface area contributed by atoms with E-state index in [1.54, 1.807) is 18.2 Å². The summed E-state index contributed by atoms with van der Waals surface area (Å²) in [6, 6.07) is 12.7. The highest BCUT2D eigenvalue weighted by molar-refractivity contribution is 9.10. The quantitative estimate of drug-likeness (QED) is 0.924. The second kappa shape index (κ2) is 5.89. The van der Waals surface area contributed by atoms with Crippen LogP contribution >= 0.6 is 15.9 Å². The van der Waals surface area contributed by atoms with Crippen molar-refractivity contribution in [2.24, 2.45) is 0 Å². The maximum atomic E-state index is 10.8. The van der Waals surface area contributed by atoms with Crippen LogP contribution in [0.2, 0.25) is 0 Å². The van der Waals surface area contributed by atoms with Crippen molar-refractivity contribution in [3.05, 3.63) is 63.6 Å². The summed E-state index contributed by atoms with van der Waals surface area (Å²) in [7, 11) is 0. The Morgan fingerprint density at radius 1 is 1.26 bits per heavy atom. The molecular formula is C15H13BrO3. The van der Waals surface area contributed by atoms with Crippen LogP contribution in [0.3, 0.4) is 0 Å². The minimum Gasteiger partial charge on any atom is -0.489 e. The molecule has 0 unspecified atom stereocenters. The minimum absolute atomic E-state index is 0.271. The van der Waals surface area contributed by atoms with Crippen LogP contribution in [0.1, 0.15) is 21.5 Å². The maximum absolute atomic E-state index is 10.8. The van der Waals surface area contributed by atoms with E-state index >= 15 is 0 Å². The average molecular weight is 321 g/mol. The summed E-state index contributed by atoms with van der Waals surface area (Å²) in [6.07, 6.45) is 0. The van der Waals surface area contributed by atoms with Gasteiger partial charge in [-0.15, -0.1) is 0 Å². The molecule has 1 N–H and O–H groups in total. The first-order valence-corrected chi connectivity index (χ1v) is 6.57. The number of halogens is 1. The lowest BCUT2D eigenvalue weighted by atomic mass is 10.1. The van der Waals surface area contributed by atoms with Crippen molar-refractivity contribution in [2.45, 2.75) is 13.5 Å². The second-order valence-electron chi connectivity index (χ2n) is 4.20.